The molecule has 196 valence electrons. The van der Waals surface area contributed by atoms with Crippen LogP contribution in [0.3, 0.4) is 0 Å². The maximum Gasteiger partial charge on any atom is 0.252 e. The first-order valence-electron chi connectivity index (χ1n) is 12.4. The molecule has 11 nitrogen and oxygen atoms in total. The summed E-state index contributed by atoms with van der Waals surface area (Å²) in [4.78, 5) is 27.2. The van der Waals surface area contributed by atoms with Crippen LogP contribution < -0.4 is 5.32 Å². The largest absolute Gasteiger partial charge is 0.504 e. The first kappa shape index (κ1) is 24.5. The number of β-lactam (4-membered cyclic amide) rings is 1. The fourth-order valence-electron chi connectivity index (χ4n) is 6.17. The van der Waals surface area contributed by atoms with E-state index in [1.54, 1.807) is 4.68 Å². The maximum absolute atomic E-state index is 12.8. The number of thioether (sulfide) groups is 1. The molecule has 6 heterocycles. The van der Waals surface area contributed by atoms with Gasteiger partial charge in [-0.05, 0) is 22.6 Å². The average molecular weight is 547 g/mol. The average Bonchev–Trinajstić information content (AvgIpc) is 3.32. The number of carbonyl (C=O) groups is 2. The number of amides is 2. The summed E-state index contributed by atoms with van der Waals surface area (Å²) >= 11 is 7.90. The predicted octanol–water partition coefficient (Wildman–Crippen LogP) is 1.72. The molecule has 2 aromatic rings. The summed E-state index contributed by atoms with van der Waals surface area (Å²) in [6.07, 6.45) is 3.55. The summed E-state index contributed by atoms with van der Waals surface area (Å²) in [5.41, 5.74) is 2.31. The Kier molecular flexibility index (Phi) is 5.88. The van der Waals surface area contributed by atoms with Crippen molar-refractivity contribution in [2.75, 3.05) is 38.5 Å². The van der Waals surface area contributed by atoms with Gasteiger partial charge in [-0.25, -0.2) is 4.68 Å². The lowest BCUT2D eigenvalue weighted by Crippen LogP contribution is -2.64. The molecule has 5 aliphatic heterocycles. The highest BCUT2D eigenvalue weighted by Crippen LogP contribution is 2.47. The Morgan fingerprint density at radius 2 is 2.00 bits per heavy atom. The number of halogens is 1. The second-order valence-electron chi connectivity index (χ2n) is 10.7. The number of aromatic hydroxyl groups is 2. The topological polar surface area (TPSA) is 133 Å². The molecule has 7 rings (SSSR count). The monoisotopic (exact) mass is 546 g/mol. The molecular weight excluding hydrogens is 518 g/mol. The van der Waals surface area contributed by atoms with E-state index >= 15 is 0 Å². The number of aromatic nitrogens is 4. The van der Waals surface area contributed by atoms with E-state index in [-0.39, 0.29) is 38.9 Å². The fraction of sp³-hybridized carbons (Fsp3) is 0.542. The number of carbonyl (C=O) groups excluding carboxylic acids is 2. The number of nitrogens with one attached hydrogen (secondary N) is 1. The summed E-state index contributed by atoms with van der Waals surface area (Å²) in [5, 5.41) is 34.6. The highest BCUT2D eigenvalue weighted by atomic mass is 35.5. The number of rotatable bonds is 6. The quantitative estimate of drug-likeness (QED) is 0.283. The van der Waals surface area contributed by atoms with Crippen molar-refractivity contribution in [1.82, 2.24) is 30.4 Å². The van der Waals surface area contributed by atoms with E-state index in [0.717, 1.165) is 61.4 Å². The van der Waals surface area contributed by atoms with Crippen LogP contribution in [0.4, 0.5) is 0 Å². The van der Waals surface area contributed by atoms with Crippen LogP contribution in [0.1, 0.15) is 41.9 Å². The number of aryl methyl sites for hydroxylation is 1. The van der Waals surface area contributed by atoms with Crippen LogP contribution in [0.5, 0.6) is 11.5 Å². The molecule has 1 aromatic heterocycles. The number of phenolic OH excluding ortho intramolecular Hbond substituents is 2. The van der Waals surface area contributed by atoms with Crippen molar-refractivity contribution in [3.8, 4) is 11.5 Å². The van der Waals surface area contributed by atoms with Gasteiger partial charge in [0.15, 0.2) is 17.3 Å². The molecule has 0 aliphatic carbocycles. The van der Waals surface area contributed by atoms with Crippen LogP contribution in [-0.4, -0.2) is 95.5 Å². The van der Waals surface area contributed by atoms with Gasteiger partial charge in [-0.15, -0.1) is 16.9 Å². The number of piperidine rings is 3. The fourth-order valence-corrected chi connectivity index (χ4v) is 7.67. The van der Waals surface area contributed by atoms with Crippen molar-refractivity contribution >= 4 is 40.9 Å². The Hall–Kier alpha value is -2.83. The molecule has 3 N–H and O–H groups in total. The number of hydrogen-bond donors (Lipinski definition) is 3. The molecule has 2 bridgehead atoms. The third-order valence-corrected chi connectivity index (χ3v) is 10.3. The van der Waals surface area contributed by atoms with Gasteiger partial charge in [0.1, 0.15) is 6.54 Å². The smallest absolute Gasteiger partial charge is 0.252 e. The Morgan fingerprint density at radius 1 is 1.27 bits per heavy atom. The minimum Gasteiger partial charge on any atom is -0.504 e. The van der Waals surface area contributed by atoms with Gasteiger partial charge in [-0.2, -0.15) is 0 Å². The zero-order chi connectivity index (χ0) is 25.9. The summed E-state index contributed by atoms with van der Waals surface area (Å²) < 4.78 is 2.62. The van der Waals surface area contributed by atoms with E-state index in [1.165, 1.54) is 17.7 Å². The van der Waals surface area contributed by atoms with Gasteiger partial charge in [-0.1, -0.05) is 11.6 Å². The van der Waals surface area contributed by atoms with E-state index in [9.17, 15) is 19.8 Å². The van der Waals surface area contributed by atoms with Crippen LogP contribution >= 0.6 is 23.4 Å². The van der Waals surface area contributed by atoms with Crippen LogP contribution in [0.2, 0.25) is 5.02 Å². The minimum absolute atomic E-state index is 0.0334. The standard InChI is InChI=1S/C24H28ClN7O4S/c1-30-22(27-28-29-30)20-14(12-37-18-10-17(34)31(18)20)11-32-7-4-24(5-8-32,6-9-32)13-26-23(36)15-2-3-16(33)21(35)19(15)25/h2-3,18H,4-13H2,1H3,(H2-,26,28,29,33,35,36)/p+1. The zero-order valence-corrected chi connectivity index (χ0v) is 22.1. The maximum atomic E-state index is 12.8. The Labute approximate surface area is 223 Å². The van der Waals surface area contributed by atoms with E-state index < -0.39 is 5.75 Å². The van der Waals surface area contributed by atoms with E-state index in [2.05, 4.69) is 20.8 Å². The highest BCUT2D eigenvalue weighted by molar-refractivity contribution is 8.00. The van der Waals surface area contributed by atoms with Crippen LogP contribution in [0.25, 0.3) is 5.70 Å². The summed E-state index contributed by atoms with van der Waals surface area (Å²) in [5.74, 6) is 0.457. The van der Waals surface area contributed by atoms with Crippen LogP contribution in [0.15, 0.2) is 17.7 Å². The van der Waals surface area contributed by atoms with Gasteiger partial charge in [0, 0.05) is 49.6 Å². The minimum atomic E-state index is -0.484. The molecule has 1 atom stereocenters. The highest BCUT2D eigenvalue weighted by Gasteiger charge is 2.51. The Morgan fingerprint density at radius 3 is 2.65 bits per heavy atom. The first-order chi connectivity index (χ1) is 17.7. The van der Waals surface area contributed by atoms with Gasteiger partial charge < -0.3 is 20.0 Å². The van der Waals surface area contributed by atoms with Gasteiger partial charge in [0.05, 0.1) is 47.7 Å². The van der Waals surface area contributed by atoms with Gasteiger partial charge in [0.2, 0.25) is 5.91 Å². The lowest BCUT2D eigenvalue weighted by atomic mass is 9.70. The van der Waals surface area contributed by atoms with E-state index in [0.29, 0.717) is 18.8 Å². The third kappa shape index (κ3) is 4.05. The number of nitrogens with zero attached hydrogens (tertiary/aromatic N) is 6. The number of quaternary nitrogens is 1. The van der Waals surface area contributed by atoms with Gasteiger partial charge in [-0.3, -0.25) is 14.5 Å². The molecule has 0 radical (unpaired) electrons. The first-order valence-corrected chi connectivity index (χ1v) is 13.9. The van der Waals surface area contributed by atoms with Gasteiger partial charge >= 0.3 is 0 Å². The zero-order valence-electron chi connectivity index (χ0n) is 20.5. The summed E-state index contributed by atoms with van der Waals surface area (Å²) in [6, 6.07) is 2.68. The summed E-state index contributed by atoms with van der Waals surface area (Å²) in [7, 11) is 1.81. The van der Waals surface area contributed by atoms with Crippen LogP contribution in [0, 0.1) is 5.41 Å². The lowest BCUT2D eigenvalue weighted by Gasteiger charge is -2.56. The van der Waals surface area contributed by atoms with Crippen molar-refractivity contribution in [3.63, 3.8) is 0 Å². The molecule has 37 heavy (non-hydrogen) atoms. The normalized spacial score (nSPS) is 28.8. The van der Waals surface area contributed by atoms with E-state index in [4.69, 9.17) is 11.6 Å². The second-order valence-corrected chi connectivity index (χ2v) is 12.3. The molecule has 4 fully saturated rings. The van der Waals surface area contributed by atoms with Crippen molar-refractivity contribution in [3.05, 3.63) is 34.1 Å². The molecule has 5 aliphatic rings. The number of benzene rings is 1. The molecule has 13 heteroatoms. The summed E-state index contributed by atoms with van der Waals surface area (Å²) in [6.45, 7) is 4.43. The number of tetrazole rings is 1. The molecule has 2 amide bonds. The predicted molar refractivity (Wildman–Crippen MR) is 137 cm³/mol. The SMILES string of the molecule is Cn1nnnc1C1=C(C[N+]23CCC(CNC(=O)c4ccc(O)c(O)c4Cl)(CC2)CC3)CSC2CC(=O)N12. The molecular formula is C24H29ClN7O4S+. The Bertz CT molecular complexity index is 1300. The molecule has 0 spiro atoms. The van der Waals surface area contributed by atoms with Gasteiger partial charge in [0.25, 0.3) is 5.91 Å². The number of fused-ring (bicyclic) bond motifs is 4. The molecule has 0 saturated carbocycles. The van der Waals surface area contributed by atoms with Crippen molar-refractivity contribution < 1.29 is 24.3 Å². The second kappa shape index (κ2) is 8.88. The number of hydrogen-bond acceptors (Lipinski definition) is 8. The lowest BCUT2D eigenvalue weighted by molar-refractivity contribution is -0.941. The van der Waals surface area contributed by atoms with Crippen molar-refractivity contribution in [2.45, 2.75) is 31.1 Å². The Balaban J connectivity index is 1.16. The number of phenols is 2. The molecule has 1 aromatic carbocycles. The molecule has 1 unspecified atom stereocenters. The van der Waals surface area contributed by atoms with E-state index in [1.807, 2.05) is 23.7 Å². The third-order valence-electron chi connectivity index (χ3n) is 8.60. The molecule has 4 saturated heterocycles. The van der Waals surface area contributed by atoms with Crippen LogP contribution in [-0.2, 0) is 11.8 Å². The van der Waals surface area contributed by atoms with Crippen molar-refractivity contribution in [1.29, 1.82) is 0 Å². The van der Waals surface area contributed by atoms with Crippen molar-refractivity contribution in [2.24, 2.45) is 12.5 Å².